The van der Waals surface area contributed by atoms with Gasteiger partial charge in [0.05, 0.1) is 28.3 Å². The number of aromatic nitrogens is 2. The van der Waals surface area contributed by atoms with E-state index < -0.39 is 9.84 Å². The standard InChI is InChI=1S/C24H26ClN3O4S3/c1-14-3-8-18-19(11-14)34-22-21(18)23(30)28(16-6-4-15(25)5-7-16)24(26-22)33-12-20(29)27(2)17-9-10-35(31,32)13-17/h4-7,14,17H,3,8-13H2,1-2H3. The van der Waals surface area contributed by atoms with Crippen LogP contribution in [0.25, 0.3) is 15.9 Å². The van der Waals surface area contributed by atoms with Gasteiger partial charge in [-0.2, -0.15) is 0 Å². The highest BCUT2D eigenvalue weighted by atomic mass is 35.5. The summed E-state index contributed by atoms with van der Waals surface area (Å²) in [6, 6.07) is 6.70. The van der Waals surface area contributed by atoms with Gasteiger partial charge in [0.2, 0.25) is 5.91 Å². The third kappa shape index (κ3) is 4.90. The fraction of sp³-hybridized carbons (Fsp3) is 0.458. The van der Waals surface area contributed by atoms with Crippen LogP contribution in [0.3, 0.4) is 0 Å². The van der Waals surface area contributed by atoms with Gasteiger partial charge in [0.1, 0.15) is 4.83 Å². The van der Waals surface area contributed by atoms with Crippen LogP contribution in [0.2, 0.25) is 5.02 Å². The molecule has 1 fully saturated rings. The molecule has 1 aliphatic carbocycles. The van der Waals surface area contributed by atoms with Crippen LogP contribution in [-0.2, 0) is 27.5 Å². The highest BCUT2D eigenvalue weighted by Crippen LogP contribution is 2.37. The van der Waals surface area contributed by atoms with Gasteiger partial charge < -0.3 is 4.90 Å². The van der Waals surface area contributed by atoms with E-state index in [9.17, 15) is 18.0 Å². The van der Waals surface area contributed by atoms with E-state index in [1.165, 1.54) is 21.5 Å². The first-order chi connectivity index (χ1) is 16.6. The Hall–Kier alpha value is -1.88. The first-order valence-electron chi connectivity index (χ1n) is 11.5. The van der Waals surface area contributed by atoms with Crippen molar-refractivity contribution in [1.82, 2.24) is 14.5 Å². The number of thiophene rings is 1. The molecule has 186 valence electrons. The number of thioether (sulfide) groups is 1. The van der Waals surface area contributed by atoms with E-state index in [2.05, 4.69) is 6.92 Å². The molecule has 0 N–H and O–H groups in total. The number of carbonyl (C=O) groups excluding carboxylic acids is 1. The molecule has 1 aliphatic heterocycles. The first-order valence-corrected chi connectivity index (χ1v) is 15.5. The summed E-state index contributed by atoms with van der Waals surface area (Å²) in [5.74, 6) is 0.557. The molecule has 1 saturated heterocycles. The van der Waals surface area contributed by atoms with Crippen molar-refractivity contribution in [3.05, 3.63) is 50.1 Å². The second-order valence-electron chi connectivity index (χ2n) is 9.39. The van der Waals surface area contributed by atoms with Crippen molar-refractivity contribution < 1.29 is 13.2 Å². The van der Waals surface area contributed by atoms with Crippen LogP contribution in [-0.4, -0.2) is 59.1 Å². The minimum Gasteiger partial charge on any atom is -0.341 e. The highest BCUT2D eigenvalue weighted by molar-refractivity contribution is 7.99. The normalized spacial score (nSPS) is 21.2. The summed E-state index contributed by atoms with van der Waals surface area (Å²) in [4.78, 5) is 35.1. The topological polar surface area (TPSA) is 89.3 Å². The summed E-state index contributed by atoms with van der Waals surface area (Å²) in [6.07, 6.45) is 3.32. The number of aryl methyl sites for hydroxylation is 1. The van der Waals surface area contributed by atoms with Gasteiger partial charge in [0.15, 0.2) is 15.0 Å². The number of amides is 1. The monoisotopic (exact) mass is 551 g/mol. The lowest BCUT2D eigenvalue weighted by Crippen LogP contribution is -2.39. The Morgan fingerprint density at radius 2 is 2.03 bits per heavy atom. The number of hydrogen-bond acceptors (Lipinski definition) is 7. The van der Waals surface area contributed by atoms with Crippen molar-refractivity contribution >= 4 is 60.7 Å². The number of sulfone groups is 1. The molecule has 3 aromatic rings. The largest absolute Gasteiger partial charge is 0.341 e. The van der Waals surface area contributed by atoms with E-state index in [1.807, 2.05) is 0 Å². The second-order valence-corrected chi connectivity index (χ2v) is 14.1. The maximum Gasteiger partial charge on any atom is 0.267 e. The Kier molecular flexibility index (Phi) is 6.76. The molecular weight excluding hydrogens is 526 g/mol. The average Bonchev–Trinajstić information content (AvgIpc) is 3.36. The number of fused-ring (bicyclic) bond motifs is 3. The number of carbonyl (C=O) groups is 1. The van der Waals surface area contributed by atoms with Crippen molar-refractivity contribution in [2.75, 3.05) is 24.3 Å². The zero-order chi connectivity index (χ0) is 24.9. The lowest BCUT2D eigenvalue weighted by molar-refractivity contribution is -0.128. The van der Waals surface area contributed by atoms with Gasteiger partial charge in [-0.05, 0) is 61.4 Å². The van der Waals surface area contributed by atoms with E-state index in [4.69, 9.17) is 16.6 Å². The molecule has 7 nitrogen and oxygen atoms in total. The summed E-state index contributed by atoms with van der Waals surface area (Å²) in [7, 11) is -1.45. The van der Waals surface area contributed by atoms with Crippen LogP contribution < -0.4 is 5.56 Å². The molecule has 0 bridgehead atoms. The molecule has 2 aliphatic rings. The van der Waals surface area contributed by atoms with Crippen molar-refractivity contribution in [2.45, 2.75) is 43.8 Å². The molecule has 2 atom stereocenters. The SMILES string of the molecule is CC1CCc2c(sc3nc(SCC(=O)N(C)C4CCS(=O)(=O)C4)n(-c4ccc(Cl)cc4)c(=O)c23)C1. The Labute approximate surface area is 217 Å². The molecule has 0 saturated carbocycles. The minimum atomic E-state index is -3.09. The number of benzene rings is 1. The predicted octanol–water partition coefficient (Wildman–Crippen LogP) is 3.96. The lowest BCUT2D eigenvalue weighted by Gasteiger charge is -2.23. The zero-order valence-corrected chi connectivity index (χ0v) is 22.7. The molecular formula is C24H26ClN3O4S3. The smallest absolute Gasteiger partial charge is 0.267 e. The van der Waals surface area contributed by atoms with Gasteiger partial charge in [-0.3, -0.25) is 14.2 Å². The predicted molar refractivity (Wildman–Crippen MR) is 142 cm³/mol. The van der Waals surface area contributed by atoms with E-state index in [-0.39, 0.29) is 34.8 Å². The van der Waals surface area contributed by atoms with Crippen LogP contribution >= 0.6 is 34.7 Å². The minimum absolute atomic E-state index is 0.00122. The van der Waals surface area contributed by atoms with E-state index in [0.717, 1.165) is 24.8 Å². The van der Waals surface area contributed by atoms with E-state index in [0.29, 0.717) is 38.4 Å². The summed E-state index contributed by atoms with van der Waals surface area (Å²) in [5, 5.41) is 1.68. The van der Waals surface area contributed by atoms with Crippen LogP contribution in [0.5, 0.6) is 0 Å². The van der Waals surface area contributed by atoms with Crippen LogP contribution in [0.4, 0.5) is 0 Å². The maximum atomic E-state index is 13.8. The molecule has 5 rings (SSSR count). The number of halogens is 1. The molecule has 2 aromatic heterocycles. The summed E-state index contributed by atoms with van der Waals surface area (Å²) in [6.45, 7) is 2.23. The van der Waals surface area contributed by atoms with E-state index in [1.54, 1.807) is 47.2 Å². The average molecular weight is 552 g/mol. The first kappa shape index (κ1) is 24.8. The fourth-order valence-corrected chi connectivity index (χ4v) is 9.06. The molecule has 0 spiro atoms. The number of rotatable bonds is 5. The number of hydrogen-bond donors (Lipinski definition) is 0. The Morgan fingerprint density at radius 3 is 2.71 bits per heavy atom. The molecule has 2 unspecified atom stereocenters. The highest BCUT2D eigenvalue weighted by Gasteiger charge is 2.33. The third-order valence-corrected chi connectivity index (χ3v) is 10.9. The third-order valence-electron chi connectivity index (χ3n) is 6.86. The molecule has 11 heteroatoms. The lowest BCUT2D eigenvalue weighted by atomic mass is 9.89. The van der Waals surface area contributed by atoms with Crippen LogP contribution in [0.15, 0.2) is 34.2 Å². The molecule has 35 heavy (non-hydrogen) atoms. The molecule has 3 heterocycles. The summed E-state index contributed by atoms with van der Waals surface area (Å²) < 4.78 is 25.2. The van der Waals surface area contributed by atoms with Gasteiger partial charge in [0.25, 0.3) is 5.56 Å². The van der Waals surface area contributed by atoms with Gasteiger partial charge in [0, 0.05) is 23.0 Å². The molecule has 0 radical (unpaired) electrons. The quantitative estimate of drug-likeness (QED) is 0.352. The van der Waals surface area contributed by atoms with Crippen molar-refractivity contribution in [2.24, 2.45) is 5.92 Å². The Morgan fingerprint density at radius 1 is 1.29 bits per heavy atom. The van der Waals surface area contributed by atoms with Gasteiger partial charge >= 0.3 is 0 Å². The molecule has 1 aromatic carbocycles. The van der Waals surface area contributed by atoms with Crippen LogP contribution in [0, 0.1) is 5.92 Å². The van der Waals surface area contributed by atoms with Gasteiger partial charge in [-0.1, -0.05) is 30.3 Å². The number of nitrogens with zero attached hydrogens (tertiary/aromatic N) is 3. The Balaban J connectivity index is 1.51. The summed E-state index contributed by atoms with van der Waals surface area (Å²) >= 11 is 8.86. The van der Waals surface area contributed by atoms with Crippen molar-refractivity contribution in [3.8, 4) is 5.69 Å². The van der Waals surface area contributed by atoms with E-state index >= 15 is 0 Å². The van der Waals surface area contributed by atoms with Gasteiger partial charge in [-0.15, -0.1) is 11.3 Å². The Bertz CT molecular complexity index is 1460. The zero-order valence-electron chi connectivity index (χ0n) is 19.5. The van der Waals surface area contributed by atoms with Gasteiger partial charge in [-0.25, -0.2) is 13.4 Å². The fourth-order valence-electron chi connectivity index (χ4n) is 4.80. The second kappa shape index (κ2) is 9.53. The summed E-state index contributed by atoms with van der Waals surface area (Å²) in [5.41, 5.74) is 1.62. The van der Waals surface area contributed by atoms with Crippen molar-refractivity contribution in [1.29, 1.82) is 0 Å². The molecule has 1 amide bonds. The maximum absolute atomic E-state index is 13.8. The van der Waals surface area contributed by atoms with Crippen molar-refractivity contribution in [3.63, 3.8) is 0 Å². The van der Waals surface area contributed by atoms with Crippen LogP contribution in [0.1, 0.15) is 30.2 Å².